The molecule has 26 heavy (non-hydrogen) atoms. The maximum atomic E-state index is 12.0. The lowest BCUT2D eigenvalue weighted by Crippen LogP contribution is -2.37. The molecule has 7 nitrogen and oxygen atoms in total. The van der Waals surface area contributed by atoms with Crippen molar-refractivity contribution in [1.29, 1.82) is 0 Å². The van der Waals surface area contributed by atoms with Gasteiger partial charge in [0.2, 0.25) is 5.65 Å². The Hall–Kier alpha value is -2.70. The zero-order chi connectivity index (χ0) is 18.1. The number of fused-ring (bicyclic) bond motifs is 3. The number of piperidine rings is 1. The van der Waals surface area contributed by atoms with Crippen LogP contribution in [-0.2, 0) is 16.0 Å². The van der Waals surface area contributed by atoms with Gasteiger partial charge in [-0.1, -0.05) is 19.1 Å². The number of para-hydroxylation sites is 2. The predicted octanol–water partition coefficient (Wildman–Crippen LogP) is 2.62. The zero-order valence-electron chi connectivity index (χ0n) is 15.2. The fourth-order valence-electron chi connectivity index (χ4n) is 3.65. The van der Waals surface area contributed by atoms with Crippen LogP contribution in [0.1, 0.15) is 32.5 Å². The number of nitrogens with zero attached hydrogens (tertiary/aromatic N) is 5. The molecule has 0 saturated carbocycles. The highest BCUT2D eigenvalue weighted by atomic mass is 16.5. The van der Waals surface area contributed by atoms with E-state index in [0.717, 1.165) is 60.7 Å². The van der Waals surface area contributed by atoms with E-state index in [4.69, 9.17) is 9.72 Å². The molecule has 0 unspecified atom stereocenters. The summed E-state index contributed by atoms with van der Waals surface area (Å²) in [7, 11) is 0. The molecule has 1 fully saturated rings. The van der Waals surface area contributed by atoms with Crippen LogP contribution in [-0.4, -0.2) is 45.2 Å². The third-order valence-electron chi connectivity index (χ3n) is 5.01. The van der Waals surface area contributed by atoms with E-state index in [1.807, 2.05) is 25.1 Å². The van der Waals surface area contributed by atoms with Gasteiger partial charge in [-0.25, -0.2) is 4.98 Å². The molecule has 0 spiro atoms. The van der Waals surface area contributed by atoms with E-state index in [1.165, 1.54) is 0 Å². The minimum atomic E-state index is -0.0838. The molecule has 0 amide bonds. The predicted molar refractivity (Wildman–Crippen MR) is 99.2 cm³/mol. The maximum Gasteiger partial charge on any atom is 0.309 e. The standard InChI is InChI=1S/C19H23N5O2/c1-3-16-21-22-18-17(20-14-7-5-6-8-15(14)24(16)18)23-11-9-13(10-12-23)19(25)26-4-2/h5-8,13H,3-4,9-12H2,1-2H3. The Morgan fingerprint density at radius 3 is 2.69 bits per heavy atom. The van der Waals surface area contributed by atoms with Gasteiger partial charge in [0.15, 0.2) is 5.82 Å². The zero-order valence-corrected chi connectivity index (χ0v) is 15.2. The van der Waals surface area contributed by atoms with Gasteiger partial charge in [0, 0.05) is 19.5 Å². The number of aromatic nitrogens is 4. The molecule has 0 atom stereocenters. The van der Waals surface area contributed by atoms with Gasteiger partial charge in [-0.3, -0.25) is 9.20 Å². The molecule has 0 aliphatic carbocycles. The average molecular weight is 353 g/mol. The van der Waals surface area contributed by atoms with Crippen molar-refractivity contribution >= 4 is 28.5 Å². The Bertz CT molecular complexity index is 944. The quantitative estimate of drug-likeness (QED) is 0.672. The SMILES string of the molecule is CCOC(=O)C1CCN(c2nc3ccccc3n3c(CC)nnc23)CC1. The number of carbonyl (C=O) groups excluding carboxylic acids is 1. The van der Waals surface area contributed by atoms with Crippen LogP contribution in [0.4, 0.5) is 5.82 Å². The highest BCUT2D eigenvalue weighted by Crippen LogP contribution is 2.28. The molecule has 2 aromatic heterocycles. The van der Waals surface area contributed by atoms with E-state index in [2.05, 4.69) is 32.5 Å². The number of hydrogen-bond donors (Lipinski definition) is 0. The fourth-order valence-corrected chi connectivity index (χ4v) is 3.65. The van der Waals surface area contributed by atoms with E-state index in [1.54, 1.807) is 0 Å². The highest BCUT2D eigenvalue weighted by Gasteiger charge is 2.28. The summed E-state index contributed by atoms with van der Waals surface area (Å²) in [4.78, 5) is 19.1. The minimum absolute atomic E-state index is 0.0215. The van der Waals surface area contributed by atoms with E-state index in [0.29, 0.717) is 6.61 Å². The van der Waals surface area contributed by atoms with Gasteiger partial charge in [-0.2, -0.15) is 0 Å². The highest BCUT2D eigenvalue weighted by molar-refractivity contribution is 5.83. The lowest BCUT2D eigenvalue weighted by Gasteiger charge is -2.31. The molecule has 1 aliphatic heterocycles. The number of rotatable bonds is 4. The van der Waals surface area contributed by atoms with E-state index in [-0.39, 0.29) is 11.9 Å². The summed E-state index contributed by atoms with van der Waals surface area (Å²) in [5, 5.41) is 8.77. The fraction of sp³-hybridized carbons (Fsp3) is 0.474. The van der Waals surface area contributed by atoms with Crippen LogP contribution >= 0.6 is 0 Å². The molecule has 1 aliphatic rings. The summed E-state index contributed by atoms with van der Waals surface area (Å²) in [6.07, 6.45) is 2.35. The summed E-state index contributed by atoms with van der Waals surface area (Å²) in [5.41, 5.74) is 2.74. The van der Waals surface area contributed by atoms with Crippen LogP contribution in [0, 0.1) is 5.92 Å². The van der Waals surface area contributed by atoms with Crippen LogP contribution in [0.2, 0.25) is 0 Å². The van der Waals surface area contributed by atoms with Gasteiger partial charge in [-0.05, 0) is 31.9 Å². The number of aryl methyl sites for hydroxylation is 1. The largest absolute Gasteiger partial charge is 0.466 e. The topological polar surface area (TPSA) is 72.6 Å². The molecule has 136 valence electrons. The van der Waals surface area contributed by atoms with Gasteiger partial charge in [-0.15, -0.1) is 10.2 Å². The molecular weight excluding hydrogens is 330 g/mol. The minimum Gasteiger partial charge on any atom is -0.466 e. The Morgan fingerprint density at radius 2 is 1.96 bits per heavy atom. The molecule has 0 N–H and O–H groups in total. The maximum absolute atomic E-state index is 12.0. The first-order chi connectivity index (χ1) is 12.7. The average Bonchev–Trinajstić information content (AvgIpc) is 3.12. The molecule has 0 radical (unpaired) electrons. The summed E-state index contributed by atoms with van der Waals surface area (Å²) in [6, 6.07) is 8.07. The second-order valence-electron chi connectivity index (χ2n) is 6.57. The summed E-state index contributed by atoms with van der Waals surface area (Å²) in [5.74, 6) is 1.67. The van der Waals surface area contributed by atoms with Crippen molar-refractivity contribution in [1.82, 2.24) is 19.6 Å². The van der Waals surface area contributed by atoms with Crippen LogP contribution in [0.3, 0.4) is 0 Å². The lowest BCUT2D eigenvalue weighted by atomic mass is 9.97. The number of benzene rings is 1. The van der Waals surface area contributed by atoms with Crippen molar-refractivity contribution in [2.75, 3.05) is 24.6 Å². The van der Waals surface area contributed by atoms with Gasteiger partial charge in [0.25, 0.3) is 0 Å². The third kappa shape index (κ3) is 2.77. The number of esters is 1. The first-order valence-electron chi connectivity index (χ1n) is 9.27. The molecule has 1 saturated heterocycles. The second-order valence-corrected chi connectivity index (χ2v) is 6.57. The Balaban J connectivity index is 1.71. The molecular formula is C19H23N5O2. The second kappa shape index (κ2) is 6.90. The van der Waals surface area contributed by atoms with Crippen LogP contribution in [0.25, 0.3) is 16.7 Å². The van der Waals surface area contributed by atoms with Crippen molar-refractivity contribution in [3.05, 3.63) is 30.1 Å². The molecule has 4 rings (SSSR count). The van der Waals surface area contributed by atoms with Crippen LogP contribution in [0.15, 0.2) is 24.3 Å². The Kier molecular flexibility index (Phi) is 4.44. The summed E-state index contributed by atoms with van der Waals surface area (Å²) >= 11 is 0. The Labute approximate surface area is 152 Å². The molecule has 3 heterocycles. The molecule has 1 aromatic carbocycles. The normalized spacial score (nSPS) is 15.7. The third-order valence-corrected chi connectivity index (χ3v) is 5.01. The first kappa shape index (κ1) is 16.8. The molecule has 0 bridgehead atoms. The van der Waals surface area contributed by atoms with Crippen molar-refractivity contribution in [3.63, 3.8) is 0 Å². The van der Waals surface area contributed by atoms with Crippen molar-refractivity contribution in [3.8, 4) is 0 Å². The van der Waals surface area contributed by atoms with Crippen LogP contribution < -0.4 is 4.90 Å². The van der Waals surface area contributed by atoms with Crippen molar-refractivity contribution in [2.24, 2.45) is 5.92 Å². The number of ether oxygens (including phenoxy) is 1. The smallest absolute Gasteiger partial charge is 0.309 e. The monoisotopic (exact) mass is 353 g/mol. The molecule has 7 heteroatoms. The van der Waals surface area contributed by atoms with Gasteiger partial charge in [0.1, 0.15) is 5.82 Å². The number of carbonyl (C=O) groups is 1. The number of hydrogen-bond acceptors (Lipinski definition) is 6. The lowest BCUT2D eigenvalue weighted by molar-refractivity contribution is -0.148. The van der Waals surface area contributed by atoms with Crippen LogP contribution in [0.5, 0.6) is 0 Å². The van der Waals surface area contributed by atoms with Gasteiger partial charge in [0.05, 0.1) is 23.6 Å². The summed E-state index contributed by atoms with van der Waals surface area (Å²) < 4.78 is 7.27. The van der Waals surface area contributed by atoms with Crippen molar-refractivity contribution in [2.45, 2.75) is 33.1 Å². The molecule has 3 aromatic rings. The van der Waals surface area contributed by atoms with E-state index < -0.39 is 0 Å². The summed E-state index contributed by atoms with van der Waals surface area (Å²) in [6.45, 7) is 5.89. The first-order valence-corrected chi connectivity index (χ1v) is 9.27. The van der Waals surface area contributed by atoms with Gasteiger partial charge >= 0.3 is 5.97 Å². The van der Waals surface area contributed by atoms with E-state index in [9.17, 15) is 4.79 Å². The Morgan fingerprint density at radius 1 is 1.19 bits per heavy atom. The van der Waals surface area contributed by atoms with Crippen molar-refractivity contribution < 1.29 is 9.53 Å². The van der Waals surface area contributed by atoms with E-state index >= 15 is 0 Å². The number of anilines is 1. The van der Waals surface area contributed by atoms with Gasteiger partial charge < -0.3 is 9.64 Å².